The number of rotatable bonds is 4. The Balaban J connectivity index is 1.29. The Bertz CT molecular complexity index is 777. The zero-order chi connectivity index (χ0) is 18.6. The first-order valence-corrected chi connectivity index (χ1v) is 9.96. The predicted molar refractivity (Wildman–Crippen MR) is 99.6 cm³/mol. The summed E-state index contributed by atoms with van der Waals surface area (Å²) in [5.74, 6) is 0.569. The summed E-state index contributed by atoms with van der Waals surface area (Å²) < 4.78 is 10.6. The second-order valence-electron chi connectivity index (χ2n) is 6.62. The van der Waals surface area contributed by atoms with Gasteiger partial charge in [-0.3, -0.25) is 14.5 Å². The molecule has 2 aliphatic heterocycles. The van der Waals surface area contributed by atoms with Crippen LogP contribution in [-0.2, 0) is 9.53 Å². The van der Waals surface area contributed by atoms with Gasteiger partial charge in [-0.2, -0.15) is 0 Å². The summed E-state index contributed by atoms with van der Waals surface area (Å²) in [6, 6.07) is 5.54. The van der Waals surface area contributed by atoms with Crippen LogP contribution in [0.2, 0.25) is 0 Å². The Morgan fingerprint density at radius 3 is 2.52 bits per heavy atom. The van der Waals surface area contributed by atoms with E-state index < -0.39 is 0 Å². The molecule has 2 saturated heterocycles. The summed E-state index contributed by atoms with van der Waals surface area (Å²) >= 11 is 1.54. The molecule has 0 aromatic carbocycles. The van der Waals surface area contributed by atoms with E-state index in [-0.39, 0.29) is 11.8 Å². The molecule has 4 rings (SSSR count). The maximum Gasteiger partial charge on any atom is 0.276 e. The lowest BCUT2D eigenvalue weighted by Crippen LogP contribution is -2.53. The zero-order valence-corrected chi connectivity index (χ0v) is 15.8. The van der Waals surface area contributed by atoms with Gasteiger partial charge in [0.1, 0.15) is 0 Å². The summed E-state index contributed by atoms with van der Waals surface area (Å²) in [5.41, 5.74) is 0.312. The van der Waals surface area contributed by atoms with Gasteiger partial charge < -0.3 is 19.1 Å². The Morgan fingerprint density at radius 1 is 1.07 bits per heavy atom. The summed E-state index contributed by atoms with van der Waals surface area (Å²) in [6.45, 7) is 5.48. The van der Waals surface area contributed by atoms with Gasteiger partial charge in [-0.1, -0.05) is 11.2 Å². The lowest BCUT2D eigenvalue weighted by molar-refractivity contribution is -0.134. The third kappa shape index (κ3) is 4.20. The topological polar surface area (TPSA) is 79.1 Å². The molecule has 0 N–H and O–H groups in total. The largest absolute Gasteiger partial charge is 0.379 e. The van der Waals surface area contributed by atoms with Crippen molar-refractivity contribution in [3.05, 3.63) is 29.3 Å². The number of morpholine rings is 1. The van der Waals surface area contributed by atoms with Crippen LogP contribution in [-0.4, -0.2) is 90.7 Å². The van der Waals surface area contributed by atoms with E-state index in [1.165, 1.54) is 11.3 Å². The third-order valence-electron chi connectivity index (χ3n) is 4.88. The molecule has 2 fully saturated rings. The molecule has 144 valence electrons. The summed E-state index contributed by atoms with van der Waals surface area (Å²) in [7, 11) is 0. The van der Waals surface area contributed by atoms with Crippen molar-refractivity contribution in [2.24, 2.45) is 0 Å². The Morgan fingerprint density at radius 2 is 1.81 bits per heavy atom. The Kier molecular flexibility index (Phi) is 5.51. The molecule has 0 atom stereocenters. The minimum atomic E-state index is -0.151. The van der Waals surface area contributed by atoms with Crippen molar-refractivity contribution >= 4 is 23.2 Å². The van der Waals surface area contributed by atoms with Crippen molar-refractivity contribution in [3.63, 3.8) is 0 Å². The lowest BCUT2D eigenvalue weighted by Gasteiger charge is -2.36. The highest BCUT2D eigenvalue weighted by Crippen LogP contribution is 2.25. The van der Waals surface area contributed by atoms with E-state index >= 15 is 0 Å². The number of ether oxygens (including phenoxy) is 1. The van der Waals surface area contributed by atoms with E-state index in [9.17, 15) is 9.59 Å². The number of carbonyl (C=O) groups is 2. The van der Waals surface area contributed by atoms with Crippen LogP contribution in [0.1, 0.15) is 10.5 Å². The van der Waals surface area contributed by atoms with Crippen molar-refractivity contribution in [1.82, 2.24) is 19.9 Å². The average molecular weight is 390 g/mol. The average Bonchev–Trinajstić information content (AvgIpc) is 3.40. The summed E-state index contributed by atoms with van der Waals surface area (Å²) in [6.07, 6.45) is 0. The van der Waals surface area contributed by atoms with Gasteiger partial charge in [-0.25, -0.2) is 0 Å². The van der Waals surface area contributed by atoms with Gasteiger partial charge in [0.15, 0.2) is 11.5 Å². The Labute approximate surface area is 161 Å². The molecule has 4 heterocycles. The van der Waals surface area contributed by atoms with E-state index in [2.05, 4.69) is 10.1 Å². The predicted octanol–water partition coefficient (Wildman–Crippen LogP) is 1.02. The quantitative estimate of drug-likeness (QED) is 0.776. The van der Waals surface area contributed by atoms with Crippen LogP contribution < -0.4 is 0 Å². The van der Waals surface area contributed by atoms with E-state index in [1.807, 2.05) is 22.4 Å². The van der Waals surface area contributed by atoms with Crippen LogP contribution in [0, 0.1) is 0 Å². The van der Waals surface area contributed by atoms with Crippen LogP contribution in [0.15, 0.2) is 28.1 Å². The molecule has 9 heteroatoms. The van der Waals surface area contributed by atoms with Crippen LogP contribution in [0.25, 0.3) is 10.6 Å². The standard InChI is InChI=1S/C18H22N4O4S/c23-17(13-20-7-9-25-10-8-20)21-3-5-22(6-4-21)18(24)14-12-15(26-19-14)16-2-1-11-27-16/h1-2,11-12H,3-10,13H2. The molecule has 0 unspecified atom stereocenters. The number of carbonyl (C=O) groups excluding carboxylic acids is 2. The molecule has 2 aromatic heterocycles. The normalized spacial score (nSPS) is 18.7. The van der Waals surface area contributed by atoms with Gasteiger partial charge in [0.05, 0.1) is 24.6 Å². The maximum atomic E-state index is 12.7. The van der Waals surface area contributed by atoms with Crippen LogP contribution >= 0.6 is 11.3 Å². The summed E-state index contributed by atoms with van der Waals surface area (Å²) in [4.78, 5) is 31.7. The molecule has 0 radical (unpaired) electrons. The number of nitrogens with zero attached hydrogens (tertiary/aromatic N) is 4. The number of piperazine rings is 1. The minimum absolute atomic E-state index is 0.116. The number of hydrogen-bond donors (Lipinski definition) is 0. The monoisotopic (exact) mass is 390 g/mol. The number of aromatic nitrogens is 1. The zero-order valence-electron chi connectivity index (χ0n) is 15.0. The van der Waals surface area contributed by atoms with E-state index in [0.29, 0.717) is 57.4 Å². The van der Waals surface area contributed by atoms with Crippen molar-refractivity contribution in [2.75, 3.05) is 59.0 Å². The molecule has 0 spiro atoms. The fraction of sp³-hybridized carbons (Fsp3) is 0.500. The fourth-order valence-corrected chi connectivity index (χ4v) is 3.96. The van der Waals surface area contributed by atoms with Gasteiger partial charge >= 0.3 is 0 Å². The van der Waals surface area contributed by atoms with Gasteiger partial charge in [0.25, 0.3) is 5.91 Å². The molecule has 2 amide bonds. The fourth-order valence-electron chi connectivity index (χ4n) is 3.28. The highest BCUT2D eigenvalue weighted by Gasteiger charge is 2.27. The number of amides is 2. The van der Waals surface area contributed by atoms with Crippen molar-refractivity contribution in [1.29, 1.82) is 0 Å². The first-order valence-electron chi connectivity index (χ1n) is 9.08. The van der Waals surface area contributed by atoms with E-state index in [4.69, 9.17) is 9.26 Å². The molecular weight excluding hydrogens is 368 g/mol. The molecule has 0 bridgehead atoms. The highest BCUT2D eigenvalue weighted by atomic mass is 32.1. The smallest absolute Gasteiger partial charge is 0.276 e. The molecule has 8 nitrogen and oxygen atoms in total. The first kappa shape index (κ1) is 18.1. The van der Waals surface area contributed by atoms with Crippen molar-refractivity contribution in [3.8, 4) is 10.6 Å². The number of thiophene rings is 1. The third-order valence-corrected chi connectivity index (χ3v) is 5.76. The number of hydrogen-bond acceptors (Lipinski definition) is 7. The molecule has 0 saturated carbocycles. The summed E-state index contributed by atoms with van der Waals surface area (Å²) in [5, 5.41) is 5.87. The lowest BCUT2D eigenvalue weighted by atomic mass is 10.2. The first-order chi connectivity index (χ1) is 13.2. The SMILES string of the molecule is O=C(CN1CCOCC1)N1CCN(C(=O)c2cc(-c3cccs3)on2)CC1. The Hall–Kier alpha value is -2.23. The van der Waals surface area contributed by atoms with Gasteiger partial charge in [-0.15, -0.1) is 11.3 Å². The molecule has 0 aliphatic carbocycles. The van der Waals surface area contributed by atoms with Crippen molar-refractivity contribution < 1.29 is 18.8 Å². The van der Waals surface area contributed by atoms with Gasteiger partial charge in [-0.05, 0) is 11.4 Å². The van der Waals surface area contributed by atoms with Crippen LogP contribution in [0.4, 0.5) is 0 Å². The van der Waals surface area contributed by atoms with Gasteiger partial charge in [0.2, 0.25) is 5.91 Å². The van der Waals surface area contributed by atoms with Crippen molar-refractivity contribution in [2.45, 2.75) is 0 Å². The molecule has 2 aliphatic rings. The van der Waals surface area contributed by atoms with Crippen LogP contribution in [0.3, 0.4) is 0 Å². The van der Waals surface area contributed by atoms with Crippen LogP contribution in [0.5, 0.6) is 0 Å². The second-order valence-corrected chi connectivity index (χ2v) is 7.56. The maximum absolute atomic E-state index is 12.7. The van der Waals surface area contributed by atoms with Gasteiger partial charge in [0, 0.05) is 45.3 Å². The highest BCUT2D eigenvalue weighted by molar-refractivity contribution is 7.13. The molecular formula is C18H22N4O4S. The van der Waals surface area contributed by atoms with E-state index in [0.717, 1.165) is 18.0 Å². The van der Waals surface area contributed by atoms with E-state index in [1.54, 1.807) is 11.0 Å². The second kappa shape index (κ2) is 8.20. The molecule has 2 aromatic rings. The minimum Gasteiger partial charge on any atom is -0.379 e. The molecule has 27 heavy (non-hydrogen) atoms.